The fraction of sp³-hybridized carbons (Fsp3) is 0.179. The molecule has 0 saturated carbocycles. The van der Waals surface area contributed by atoms with Crippen molar-refractivity contribution in [1.29, 1.82) is 0 Å². The summed E-state index contributed by atoms with van der Waals surface area (Å²) in [7, 11) is 3.00. The third kappa shape index (κ3) is 6.51. The molecule has 0 spiro atoms. The molecule has 1 aliphatic heterocycles. The van der Waals surface area contributed by atoms with Crippen molar-refractivity contribution < 1.29 is 23.8 Å². The Balaban J connectivity index is 1.51. The normalized spacial score (nSPS) is 15.3. The molecule has 1 aliphatic rings. The van der Waals surface area contributed by atoms with Gasteiger partial charge >= 0.3 is 5.97 Å². The molecule has 4 rings (SSSR count). The second kappa shape index (κ2) is 12.4. The van der Waals surface area contributed by atoms with E-state index in [0.29, 0.717) is 49.5 Å². The van der Waals surface area contributed by atoms with Gasteiger partial charge in [-0.25, -0.2) is 9.79 Å². The molecule has 10 heteroatoms. The highest BCUT2D eigenvalue weighted by atomic mass is 35.5. The Labute approximate surface area is 235 Å². The zero-order valence-corrected chi connectivity index (χ0v) is 23.2. The van der Waals surface area contributed by atoms with Crippen LogP contribution in [0.25, 0.3) is 6.08 Å². The number of methoxy groups -OCH3 is 1. The fourth-order valence-corrected chi connectivity index (χ4v) is 4.80. The van der Waals surface area contributed by atoms with E-state index in [4.69, 9.17) is 37.4 Å². The topological polar surface area (TPSA) is 77.4 Å². The van der Waals surface area contributed by atoms with Crippen LogP contribution in [0.1, 0.15) is 28.4 Å². The predicted octanol–water partition coefficient (Wildman–Crippen LogP) is 6.99. The van der Waals surface area contributed by atoms with E-state index in [2.05, 4.69) is 4.99 Å². The molecule has 7 nitrogen and oxygen atoms in total. The summed E-state index contributed by atoms with van der Waals surface area (Å²) in [6.07, 6.45) is 1.79. The molecule has 3 aromatic carbocycles. The van der Waals surface area contributed by atoms with Crippen molar-refractivity contribution in [2.45, 2.75) is 13.5 Å². The Hall–Kier alpha value is -3.46. The van der Waals surface area contributed by atoms with Gasteiger partial charge in [-0.3, -0.25) is 9.69 Å². The number of esters is 1. The average molecular weight is 571 g/mol. The maximum atomic E-state index is 12.9. The number of thioether (sulfide) groups is 1. The molecule has 196 valence electrons. The summed E-state index contributed by atoms with van der Waals surface area (Å²) in [5.74, 6) is 0.539. The first-order valence-corrected chi connectivity index (χ1v) is 13.1. The van der Waals surface area contributed by atoms with Crippen molar-refractivity contribution in [3.8, 4) is 11.5 Å². The van der Waals surface area contributed by atoms with Gasteiger partial charge in [-0.05, 0) is 84.4 Å². The van der Waals surface area contributed by atoms with E-state index in [9.17, 15) is 9.59 Å². The second-order valence-corrected chi connectivity index (χ2v) is 9.91. The van der Waals surface area contributed by atoms with Crippen LogP contribution in [0.5, 0.6) is 11.5 Å². The number of halogens is 2. The van der Waals surface area contributed by atoms with Crippen molar-refractivity contribution in [2.24, 2.45) is 4.99 Å². The molecule has 0 N–H and O–H groups in total. The number of ether oxygens (including phenoxy) is 3. The summed E-state index contributed by atoms with van der Waals surface area (Å²) in [6, 6.07) is 17.5. The van der Waals surface area contributed by atoms with E-state index >= 15 is 0 Å². The number of carbonyl (C=O) groups excluding carboxylic acids is 2. The zero-order chi connectivity index (χ0) is 27.2. The number of hydrogen-bond acceptors (Lipinski definition) is 7. The van der Waals surface area contributed by atoms with Crippen molar-refractivity contribution in [3.63, 3.8) is 0 Å². The highest BCUT2D eigenvalue weighted by molar-refractivity contribution is 8.18. The van der Waals surface area contributed by atoms with Gasteiger partial charge in [-0.15, -0.1) is 0 Å². The van der Waals surface area contributed by atoms with E-state index < -0.39 is 5.97 Å². The summed E-state index contributed by atoms with van der Waals surface area (Å²) in [4.78, 5) is 31.1. The van der Waals surface area contributed by atoms with E-state index in [1.165, 1.54) is 23.8 Å². The smallest absolute Gasteiger partial charge is 0.337 e. The quantitative estimate of drug-likeness (QED) is 0.214. The Morgan fingerprint density at radius 3 is 2.45 bits per heavy atom. The van der Waals surface area contributed by atoms with Gasteiger partial charge in [0, 0.05) is 7.05 Å². The van der Waals surface area contributed by atoms with E-state index in [0.717, 1.165) is 11.1 Å². The van der Waals surface area contributed by atoms with Crippen LogP contribution in [-0.2, 0) is 16.1 Å². The molecule has 3 aromatic rings. The number of amidine groups is 1. The van der Waals surface area contributed by atoms with Gasteiger partial charge in [0.25, 0.3) is 5.91 Å². The first-order chi connectivity index (χ1) is 18.3. The number of nitrogens with zero attached hydrogens (tertiary/aromatic N) is 2. The second-order valence-electron chi connectivity index (χ2n) is 8.08. The van der Waals surface area contributed by atoms with Crippen LogP contribution < -0.4 is 9.47 Å². The number of likely N-dealkylation sites (N-methyl/N-ethyl adjacent to an activating group) is 1. The summed E-state index contributed by atoms with van der Waals surface area (Å²) < 4.78 is 16.5. The van der Waals surface area contributed by atoms with Crippen LogP contribution in [0, 0.1) is 0 Å². The van der Waals surface area contributed by atoms with Crippen molar-refractivity contribution >= 4 is 63.8 Å². The number of amides is 1. The van der Waals surface area contributed by atoms with Crippen molar-refractivity contribution in [2.75, 3.05) is 20.8 Å². The van der Waals surface area contributed by atoms with Crippen LogP contribution in [0.2, 0.25) is 10.0 Å². The Bertz CT molecular complexity index is 1420. The van der Waals surface area contributed by atoms with Gasteiger partial charge in [-0.2, -0.15) is 0 Å². The molecule has 0 unspecified atom stereocenters. The molecule has 38 heavy (non-hydrogen) atoms. The lowest BCUT2D eigenvalue weighted by Crippen LogP contribution is -2.23. The average Bonchev–Trinajstić information content (AvgIpc) is 3.17. The van der Waals surface area contributed by atoms with Gasteiger partial charge in [-0.1, -0.05) is 35.3 Å². The van der Waals surface area contributed by atoms with Crippen LogP contribution in [0.15, 0.2) is 70.6 Å². The summed E-state index contributed by atoms with van der Waals surface area (Å²) >= 11 is 13.4. The Kier molecular flexibility index (Phi) is 8.99. The minimum Gasteiger partial charge on any atom is -0.490 e. The summed E-state index contributed by atoms with van der Waals surface area (Å²) in [5, 5.41) is 1.47. The summed E-state index contributed by atoms with van der Waals surface area (Å²) in [6.45, 7) is 2.63. The molecule has 0 bridgehead atoms. The van der Waals surface area contributed by atoms with Crippen molar-refractivity contribution in [3.05, 3.63) is 92.3 Å². The molecule has 1 fully saturated rings. The fourth-order valence-electron chi connectivity index (χ4n) is 3.50. The van der Waals surface area contributed by atoms with Gasteiger partial charge in [0.15, 0.2) is 16.7 Å². The Morgan fingerprint density at radius 1 is 1.00 bits per heavy atom. The lowest BCUT2D eigenvalue weighted by Gasteiger charge is -2.13. The minimum absolute atomic E-state index is 0.169. The molecule has 0 atom stereocenters. The van der Waals surface area contributed by atoms with Crippen LogP contribution in [0.4, 0.5) is 5.69 Å². The summed E-state index contributed by atoms with van der Waals surface area (Å²) in [5.41, 5.74) is 2.69. The highest BCUT2D eigenvalue weighted by Gasteiger charge is 2.30. The van der Waals surface area contributed by atoms with Crippen LogP contribution in [0.3, 0.4) is 0 Å². The number of aliphatic imine (C=N–C) groups is 1. The zero-order valence-electron chi connectivity index (χ0n) is 20.9. The first kappa shape index (κ1) is 27.6. The predicted molar refractivity (Wildman–Crippen MR) is 152 cm³/mol. The third-order valence-corrected chi connectivity index (χ3v) is 7.26. The number of carbonyl (C=O) groups is 2. The minimum atomic E-state index is -0.422. The lowest BCUT2D eigenvalue weighted by molar-refractivity contribution is -0.121. The SMILES string of the molecule is CCOc1cc(C=C2SC(=Nc3ccc(C(=O)OC)cc3)N(C)C2=O)ccc1OCc1ccc(Cl)c(Cl)c1. The molecule has 1 saturated heterocycles. The molecular weight excluding hydrogens is 547 g/mol. The molecular formula is C28H24Cl2N2O5S. The van der Waals surface area contributed by atoms with Crippen molar-refractivity contribution in [1.82, 2.24) is 4.90 Å². The highest BCUT2D eigenvalue weighted by Crippen LogP contribution is 2.35. The number of benzene rings is 3. The molecule has 0 aromatic heterocycles. The van der Waals surface area contributed by atoms with Crippen LogP contribution in [-0.4, -0.2) is 42.7 Å². The standard InChI is InChI=1S/C28H24Cl2N2O5S/c1-4-36-24-14-17(6-12-23(24)37-16-18-5-11-21(29)22(30)13-18)15-25-26(33)32(2)28(38-25)31-20-9-7-19(8-10-20)27(34)35-3/h5-15H,4,16H2,1-3H3. The third-order valence-electron chi connectivity index (χ3n) is 5.46. The first-order valence-electron chi connectivity index (χ1n) is 11.6. The maximum Gasteiger partial charge on any atom is 0.337 e. The van der Waals surface area contributed by atoms with Gasteiger partial charge in [0.2, 0.25) is 0 Å². The Morgan fingerprint density at radius 2 is 1.76 bits per heavy atom. The monoisotopic (exact) mass is 570 g/mol. The van der Waals surface area contributed by atoms with Gasteiger partial charge in [0.05, 0.1) is 39.9 Å². The maximum absolute atomic E-state index is 12.9. The van der Waals surface area contributed by atoms with Gasteiger partial charge in [0.1, 0.15) is 6.61 Å². The molecule has 1 amide bonds. The van der Waals surface area contributed by atoms with Gasteiger partial charge < -0.3 is 14.2 Å². The molecule has 1 heterocycles. The largest absolute Gasteiger partial charge is 0.490 e. The van der Waals surface area contributed by atoms with E-state index in [1.54, 1.807) is 55.6 Å². The number of hydrogen-bond donors (Lipinski definition) is 0. The lowest BCUT2D eigenvalue weighted by atomic mass is 10.1. The van der Waals surface area contributed by atoms with Crippen LogP contribution >= 0.6 is 35.0 Å². The van der Waals surface area contributed by atoms with E-state index in [-0.39, 0.29) is 12.5 Å². The molecule has 0 aliphatic carbocycles. The number of rotatable bonds is 8. The van der Waals surface area contributed by atoms with E-state index in [1.807, 2.05) is 25.1 Å². The molecule has 0 radical (unpaired) electrons.